The van der Waals surface area contributed by atoms with Crippen LogP contribution in [0.1, 0.15) is 6.92 Å². The molecule has 1 atom stereocenters. The van der Waals surface area contributed by atoms with E-state index >= 15 is 0 Å². The van der Waals surface area contributed by atoms with Gasteiger partial charge in [-0.15, -0.1) is 0 Å². The van der Waals surface area contributed by atoms with Crippen molar-refractivity contribution in [2.45, 2.75) is 11.8 Å². The molecule has 1 unspecified atom stereocenters. The van der Waals surface area contributed by atoms with Crippen molar-refractivity contribution in [2.75, 3.05) is 20.6 Å². The molecular weight excluding hydrogens is 224 g/mol. The van der Waals surface area contributed by atoms with Crippen molar-refractivity contribution in [1.82, 2.24) is 10.2 Å². The number of halogens is 1. The zero-order chi connectivity index (χ0) is 9.72. The molecule has 12 heavy (non-hydrogen) atoms. The van der Waals surface area contributed by atoms with Gasteiger partial charge in [0.15, 0.2) is 0 Å². The van der Waals surface area contributed by atoms with Crippen molar-refractivity contribution in [3.05, 3.63) is 0 Å². The Kier molecular flexibility index (Phi) is 4.89. The maximum Gasteiger partial charge on any atom is 0.241 e. The first-order valence-corrected chi connectivity index (χ1v) is 4.48. The number of alkyl halides is 1. The van der Waals surface area contributed by atoms with Crippen molar-refractivity contribution in [3.8, 4) is 0 Å². The SMILES string of the molecule is CC(Br)C(=O)NCC(=O)N(C)C. The lowest BCUT2D eigenvalue weighted by atomic mass is 10.4. The Balaban J connectivity index is 3.69. The summed E-state index contributed by atoms with van der Waals surface area (Å²) in [7, 11) is 3.29. The Morgan fingerprint density at radius 3 is 2.33 bits per heavy atom. The molecule has 2 amide bonds. The molecule has 1 N–H and O–H groups in total. The Morgan fingerprint density at radius 2 is 2.00 bits per heavy atom. The largest absolute Gasteiger partial charge is 0.347 e. The van der Waals surface area contributed by atoms with Gasteiger partial charge in [-0.3, -0.25) is 9.59 Å². The van der Waals surface area contributed by atoms with E-state index in [1.807, 2.05) is 0 Å². The predicted molar refractivity (Wildman–Crippen MR) is 50.1 cm³/mol. The number of likely N-dealkylation sites (N-methyl/N-ethyl adjacent to an activating group) is 1. The fourth-order valence-electron chi connectivity index (χ4n) is 0.461. The summed E-state index contributed by atoms with van der Waals surface area (Å²) < 4.78 is 0. The summed E-state index contributed by atoms with van der Waals surface area (Å²) in [5, 5.41) is 2.49. The molecule has 0 aliphatic carbocycles. The predicted octanol–water partition coefficient (Wildman–Crippen LogP) is -0.0258. The third-order valence-electron chi connectivity index (χ3n) is 1.27. The van der Waals surface area contributed by atoms with Gasteiger partial charge >= 0.3 is 0 Å². The Hall–Kier alpha value is -0.580. The van der Waals surface area contributed by atoms with Gasteiger partial charge in [-0.2, -0.15) is 0 Å². The van der Waals surface area contributed by atoms with Gasteiger partial charge in [0.05, 0.1) is 11.4 Å². The Labute approximate surface area is 80.4 Å². The highest BCUT2D eigenvalue weighted by Crippen LogP contribution is 1.95. The second kappa shape index (κ2) is 5.13. The van der Waals surface area contributed by atoms with E-state index in [-0.39, 0.29) is 23.2 Å². The van der Waals surface area contributed by atoms with Crippen molar-refractivity contribution < 1.29 is 9.59 Å². The smallest absolute Gasteiger partial charge is 0.241 e. The molecule has 0 aromatic heterocycles. The molecule has 4 nitrogen and oxygen atoms in total. The van der Waals surface area contributed by atoms with Crippen LogP contribution in [-0.4, -0.2) is 42.2 Å². The molecule has 0 aliphatic heterocycles. The van der Waals surface area contributed by atoms with Crippen molar-refractivity contribution in [1.29, 1.82) is 0 Å². The third-order valence-corrected chi connectivity index (χ3v) is 1.69. The summed E-state index contributed by atoms with van der Waals surface area (Å²) in [5.74, 6) is -0.290. The van der Waals surface area contributed by atoms with Crippen LogP contribution in [0, 0.1) is 0 Å². The fraction of sp³-hybridized carbons (Fsp3) is 0.714. The quantitative estimate of drug-likeness (QED) is 0.701. The second-order valence-electron chi connectivity index (χ2n) is 2.62. The van der Waals surface area contributed by atoms with Gasteiger partial charge in [0.2, 0.25) is 11.8 Å². The molecule has 0 saturated heterocycles. The second-order valence-corrected chi connectivity index (χ2v) is 4.00. The number of carbonyl (C=O) groups is 2. The maximum atomic E-state index is 11.0. The van der Waals surface area contributed by atoms with Crippen LogP contribution in [-0.2, 0) is 9.59 Å². The first-order chi connectivity index (χ1) is 5.45. The average Bonchev–Trinajstić information content (AvgIpc) is 1.98. The minimum Gasteiger partial charge on any atom is -0.347 e. The van der Waals surface area contributed by atoms with Gasteiger partial charge in [-0.1, -0.05) is 15.9 Å². The number of rotatable bonds is 3. The summed E-state index contributed by atoms with van der Waals surface area (Å²) in [4.78, 5) is 23.1. The lowest BCUT2D eigenvalue weighted by Gasteiger charge is -2.11. The lowest BCUT2D eigenvalue weighted by molar-refractivity contribution is -0.130. The van der Waals surface area contributed by atoms with Gasteiger partial charge in [0, 0.05) is 14.1 Å². The van der Waals surface area contributed by atoms with E-state index in [0.717, 1.165) is 0 Å². The van der Waals surface area contributed by atoms with Gasteiger partial charge < -0.3 is 10.2 Å². The van der Waals surface area contributed by atoms with E-state index in [9.17, 15) is 9.59 Å². The topological polar surface area (TPSA) is 49.4 Å². The normalized spacial score (nSPS) is 12.0. The monoisotopic (exact) mass is 236 g/mol. The molecule has 0 aromatic rings. The standard InChI is InChI=1S/C7H13BrN2O2/c1-5(8)7(12)9-4-6(11)10(2)3/h5H,4H2,1-3H3,(H,9,12). The summed E-state index contributed by atoms with van der Waals surface area (Å²) in [5.41, 5.74) is 0. The number of carbonyl (C=O) groups excluding carboxylic acids is 2. The minimum atomic E-state index is -0.257. The fourth-order valence-corrected chi connectivity index (χ4v) is 0.623. The van der Waals surface area contributed by atoms with Crippen LogP contribution in [0.4, 0.5) is 0 Å². The number of amides is 2. The highest BCUT2D eigenvalue weighted by Gasteiger charge is 2.10. The highest BCUT2D eigenvalue weighted by atomic mass is 79.9. The lowest BCUT2D eigenvalue weighted by Crippen LogP contribution is -2.38. The third kappa shape index (κ3) is 4.33. The van der Waals surface area contributed by atoms with Gasteiger partial charge in [0.1, 0.15) is 0 Å². The Bertz CT molecular complexity index is 160. The summed E-state index contributed by atoms with van der Waals surface area (Å²) in [6, 6.07) is 0. The maximum absolute atomic E-state index is 11.0. The highest BCUT2D eigenvalue weighted by molar-refractivity contribution is 9.10. The van der Waals surface area contributed by atoms with E-state index in [0.29, 0.717) is 0 Å². The van der Waals surface area contributed by atoms with Crippen LogP contribution < -0.4 is 5.32 Å². The van der Waals surface area contributed by atoms with Gasteiger partial charge in [-0.05, 0) is 6.92 Å². The summed E-state index contributed by atoms with van der Waals surface area (Å²) in [6.45, 7) is 1.76. The Morgan fingerprint density at radius 1 is 1.50 bits per heavy atom. The molecule has 0 bridgehead atoms. The van der Waals surface area contributed by atoms with E-state index in [1.54, 1.807) is 21.0 Å². The zero-order valence-corrected chi connectivity index (χ0v) is 9.01. The van der Waals surface area contributed by atoms with Crippen LogP contribution in [0.3, 0.4) is 0 Å². The van der Waals surface area contributed by atoms with Gasteiger partial charge in [0.25, 0.3) is 0 Å². The zero-order valence-electron chi connectivity index (χ0n) is 7.43. The van der Waals surface area contributed by atoms with Crippen LogP contribution in [0.5, 0.6) is 0 Å². The number of hydrogen-bond acceptors (Lipinski definition) is 2. The number of nitrogens with zero attached hydrogens (tertiary/aromatic N) is 1. The molecule has 0 spiro atoms. The van der Waals surface area contributed by atoms with E-state index in [2.05, 4.69) is 21.2 Å². The summed E-state index contributed by atoms with van der Waals surface area (Å²) in [6.07, 6.45) is 0. The first-order valence-electron chi connectivity index (χ1n) is 3.57. The molecule has 5 heteroatoms. The van der Waals surface area contributed by atoms with Gasteiger partial charge in [-0.25, -0.2) is 0 Å². The molecule has 0 aliphatic rings. The summed E-state index contributed by atoms with van der Waals surface area (Å²) >= 11 is 3.09. The van der Waals surface area contributed by atoms with Crippen LogP contribution >= 0.6 is 15.9 Å². The van der Waals surface area contributed by atoms with Crippen LogP contribution in [0.2, 0.25) is 0 Å². The number of hydrogen-bond donors (Lipinski definition) is 1. The molecule has 0 heterocycles. The van der Waals surface area contributed by atoms with E-state index in [1.165, 1.54) is 4.90 Å². The molecule has 70 valence electrons. The molecule has 0 rings (SSSR count). The van der Waals surface area contributed by atoms with Crippen LogP contribution in [0.15, 0.2) is 0 Å². The molecule has 0 aromatic carbocycles. The van der Waals surface area contributed by atoms with E-state index in [4.69, 9.17) is 0 Å². The first kappa shape index (κ1) is 11.4. The van der Waals surface area contributed by atoms with Crippen molar-refractivity contribution in [2.24, 2.45) is 0 Å². The van der Waals surface area contributed by atoms with Crippen molar-refractivity contribution in [3.63, 3.8) is 0 Å². The van der Waals surface area contributed by atoms with Crippen molar-refractivity contribution >= 4 is 27.7 Å². The minimum absolute atomic E-state index is 0.0573. The molecular formula is C7H13BrN2O2. The molecule has 0 radical (unpaired) electrons. The van der Waals surface area contributed by atoms with Crippen LogP contribution in [0.25, 0.3) is 0 Å². The number of nitrogens with one attached hydrogen (secondary N) is 1. The molecule has 0 fully saturated rings. The molecule has 0 saturated carbocycles. The van der Waals surface area contributed by atoms with E-state index < -0.39 is 0 Å². The average molecular weight is 237 g/mol.